The number of anilines is 2. The first-order valence-corrected chi connectivity index (χ1v) is 7.74. The predicted molar refractivity (Wildman–Crippen MR) is 87.3 cm³/mol. The zero-order chi connectivity index (χ0) is 15.4. The summed E-state index contributed by atoms with van der Waals surface area (Å²) in [4.78, 5) is 2.33. The topological polar surface area (TPSA) is 53.3 Å². The average Bonchev–Trinajstić information content (AvgIpc) is 2.91. The van der Waals surface area contributed by atoms with Gasteiger partial charge in [0.15, 0.2) is 0 Å². The lowest BCUT2D eigenvalue weighted by Crippen LogP contribution is -2.25. The van der Waals surface area contributed by atoms with Gasteiger partial charge in [-0.3, -0.25) is 0 Å². The molecule has 0 amide bonds. The van der Waals surface area contributed by atoms with Crippen LogP contribution in [0.1, 0.15) is 25.8 Å². The number of nitrogens with two attached hydrogens (primary N) is 1. The van der Waals surface area contributed by atoms with E-state index in [1.54, 1.807) is 6.07 Å². The van der Waals surface area contributed by atoms with E-state index in [4.69, 9.17) is 5.73 Å². The summed E-state index contributed by atoms with van der Waals surface area (Å²) in [5, 5.41) is 6.41. The molecule has 0 unspecified atom stereocenters. The van der Waals surface area contributed by atoms with Gasteiger partial charge in [-0.1, -0.05) is 0 Å². The maximum atomic E-state index is 14.2. The molecule has 1 heterocycles. The van der Waals surface area contributed by atoms with E-state index in [1.807, 2.05) is 27.0 Å². The number of nitrogens with zero attached hydrogens (tertiary/aromatic N) is 1. The molecule has 118 valence electrons. The molecule has 1 atom stereocenters. The molecule has 4 N–H and O–H groups in total. The van der Waals surface area contributed by atoms with Gasteiger partial charge >= 0.3 is 0 Å². The highest BCUT2D eigenvalue weighted by Gasteiger charge is 2.25. The summed E-state index contributed by atoms with van der Waals surface area (Å²) in [6.07, 6.45) is 1.11. The zero-order valence-corrected chi connectivity index (χ0v) is 13.2. The van der Waals surface area contributed by atoms with Crippen molar-refractivity contribution in [2.75, 3.05) is 36.9 Å². The summed E-state index contributed by atoms with van der Waals surface area (Å²) in [5.74, 6) is 0.353. The number of nitrogens with one attached hydrogen (secondary N) is 2. The van der Waals surface area contributed by atoms with Crippen LogP contribution in [-0.2, 0) is 6.54 Å². The van der Waals surface area contributed by atoms with Crippen molar-refractivity contribution in [2.24, 2.45) is 11.7 Å². The zero-order valence-electron chi connectivity index (χ0n) is 13.2. The Morgan fingerprint density at radius 1 is 1.43 bits per heavy atom. The molecule has 1 aliphatic heterocycles. The van der Waals surface area contributed by atoms with Crippen molar-refractivity contribution in [3.8, 4) is 0 Å². The quantitative estimate of drug-likeness (QED) is 0.752. The van der Waals surface area contributed by atoms with Gasteiger partial charge in [-0.05, 0) is 51.9 Å². The lowest BCUT2D eigenvalue weighted by atomic mass is 10.1. The molecule has 1 aliphatic rings. The first kappa shape index (κ1) is 16.0. The minimum atomic E-state index is -0.188. The Bertz CT molecular complexity index is 476. The van der Waals surface area contributed by atoms with E-state index in [1.165, 1.54) is 0 Å². The molecule has 21 heavy (non-hydrogen) atoms. The fourth-order valence-electron chi connectivity index (χ4n) is 2.95. The molecule has 0 bridgehead atoms. The van der Waals surface area contributed by atoms with Crippen LogP contribution < -0.4 is 21.3 Å². The number of hydrogen-bond acceptors (Lipinski definition) is 4. The van der Waals surface area contributed by atoms with Gasteiger partial charge in [0.1, 0.15) is 5.82 Å². The Balaban J connectivity index is 2.36. The average molecular weight is 294 g/mol. The largest absolute Gasteiger partial charge is 0.380 e. The third-order valence-electron chi connectivity index (χ3n) is 3.98. The van der Waals surface area contributed by atoms with E-state index in [9.17, 15) is 4.39 Å². The molecule has 1 saturated heterocycles. The van der Waals surface area contributed by atoms with Crippen molar-refractivity contribution >= 4 is 11.4 Å². The fourth-order valence-corrected chi connectivity index (χ4v) is 2.95. The highest BCUT2D eigenvalue weighted by molar-refractivity contribution is 5.68. The van der Waals surface area contributed by atoms with Crippen molar-refractivity contribution in [3.63, 3.8) is 0 Å². The summed E-state index contributed by atoms with van der Waals surface area (Å²) in [5.41, 5.74) is 8.52. The van der Waals surface area contributed by atoms with E-state index in [2.05, 4.69) is 15.5 Å². The molecule has 1 aromatic carbocycles. The van der Waals surface area contributed by atoms with Gasteiger partial charge in [-0.15, -0.1) is 0 Å². The van der Waals surface area contributed by atoms with Gasteiger partial charge in [0, 0.05) is 36.9 Å². The maximum Gasteiger partial charge on any atom is 0.146 e. The van der Waals surface area contributed by atoms with Gasteiger partial charge in [0.2, 0.25) is 0 Å². The number of hydrogen-bond donors (Lipinski definition) is 3. The second kappa shape index (κ2) is 7.09. The Hall–Kier alpha value is -1.33. The first-order valence-electron chi connectivity index (χ1n) is 7.74. The molecule has 4 nitrogen and oxygen atoms in total. The highest BCUT2D eigenvalue weighted by atomic mass is 19.1. The molecular formula is C16H27FN4. The Labute approximate surface area is 126 Å². The summed E-state index contributed by atoms with van der Waals surface area (Å²) in [6.45, 7) is 7.36. The Morgan fingerprint density at radius 3 is 2.76 bits per heavy atom. The van der Waals surface area contributed by atoms with Crippen LogP contribution in [0.4, 0.5) is 15.8 Å². The van der Waals surface area contributed by atoms with E-state index in [0.29, 0.717) is 18.2 Å². The maximum absolute atomic E-state index is 14.2. The van der Waals surface area contributed by atoms with Crippen LogP contribution in [0.3, 0.4) is 0 Å². The molecule has 0 aliphatic carbocycles. The van der Waals surface area contributed by atoms with Crippen molar-refractivity contribution in [1.29, 1.82) is 0 Å². The normalized spacial score (nSPS) is 18.6. The SMILES string of the molecule is CNCc1c(N2CC[C@@H](CN)C2)ccc(F)c1NC(C)C. The van der Waals surface area contributed by atoms with Crippen molar-refractivity contribution in [3.05, 3.63) is 23.5 Å². The number of halogens is 1. The van der Waals surface area contributed by atoms with Gasteiger partial charge in [-0.2, -0.15) is 0 Å². The van der Waals surface area contributed by atoms with Crippen LogP contribution in [0.2, 0.25) is 0 Å². The molecule has 0 aromatic heterocycles. The third-order valence-corrected chi connectivity index (χ3v) is 3.98. The molecule has 0 radical (unpaired) electrons. The van der Waals surface area contributed by atoms with Crippen LogP contribution in [0, 0.1) is 11.7 Å². The van der Waals surface area contributed by atoms with Gasteiger partial charge in [0.25, 0.3) is 0 Å². The number of benzene rings is 1. The van der Waals surface area contributed by atoms with Crippen molar-refractivity contribution < 1.29 is 4.39 Å². The van der Waals surface area contributed by atoms with Crippen LogP contribution in [-0.4, -0.2) is 32.7 Å². The van der Waals surface area contributed by atoms with E-state index in [-0.39, 0.29) is 11.9 Å². The molecular weight excluding hydrogens is 267 g/mol. The summed E-state index contributed by atoms with van der Waals surface area (Å²) in [6, 6.07) is 3.65. The first-order chi connectivity index (χ1) is 10.1. The predicted octanol–water partition coefficient (Wildman–Crippen LogP) is 2.15. The van der Waals surface area contributed by atoms with Gasteiger partial charge in [-0.25, -0.2) is 4.39 Å². The van der Waals surface area contributed by atoms with Crippen molar-refractivity contribution in [2.45, 2.75) is 32.9 Å². The molecule has 2 rings (SSSR count). The molecule has 1 aromatic rings. The standard InChI is InChI=1S/C16H27FN4/c1-11(2)20-16-13(9-19-3)15(5-4-14(16)17)21-7-6-12(8-18)10-21/h4-5,11-12,19-20H,6-10,18H2,1-3H3/t12-/m0/s1. The molecule has 0 spiro atoms. The van der Waals surface area contributed by atoms with Crippen LogP contribution in [0.15, 0.2) is 12.1 Å². The van der Waals surface area contributed by atoms with Gasteiger partial charge in [0.05, 0.1) is 5.69 Å². The minimum Gasteiger partial charge on any atom is -0.380 e. The monoisotopic (exact) mass is 294 g/mol. The smallest absolute Gasteiger partial charge is 0.146 e. The summed E-state index contributed by atoms with van der Waals surface area (Å²) < 4.78 is 14.2. The van der Waals surface area contributed by atoms with E-state index >= 15 is 0 Å². The molecule has 5 heteroatoms. The second-order valence-corrected chi connectivity index (χ2v) is 6.09. The van der Waals surface area contributed by atoms with E-state index in [0.717, 1.165) is 37.3 Å². The lowest BCUT2D eigenvalue weighted by molar-refractivity contribution is 0.602. The Kier molecular flexibility index (Phi) is 5.42. The second-order valence-electron chi connectivity index (χ2n) is 6.09. The lowest BCUT2D eigenvalue weighted by Gasteiger charge is -2.25. The molecule has 0 saturated carbocycles. The Morgan fingerprint density at radius 2 is 2.19 bits per heavy atom. The number of rotatable bonds is 6. The summed E-state index contributed by atoms with van der Waals surface area (Å²) in [7, 11) is 1.89. The van der Waals surface area contributed by atoms with Crippen molar-refractivity contribution in [1.82, 2.24) is 5.32 Å². The van der Waals surface area contributed by atoms with Crippen LogP contribution in [0.5, 0.6) is 0 Å². The molecule has 1 fully saturated rings. The highest BCUT2D eigenvalue weighted by Crippen LogP contribution is 2.33. The van der Waals surface area contributed by atoms with Crippen LogP contribution in [0.25, 0.3) is 0 Å². The summed E-state index contributed by atoms with van der Waals surface area (Å²) >= 11 is 0. The van der Waals surface area contributed by atoms with Gasteiger partial charge < -0.3 is 21.3 Å². The fraction of sp³-hybridized carbons (Fsp3) is 0.625. The van der Waals surface area contributed by atoms with E-state index < -0.39 is 0 Å². The van der Waals surface area contributed by atoms with Crippen LogP contribution >= 0.6 is 0 Å². The minimum absolute atomic E-state index is 0.188. The third kappa shape index (κ3) is 3.66.